The van der Waals surface area contributed by atoms with Crippen LogP contribution in [0, 0.1) is 19.8 Å². The summed E-state index contributed by atoms with van der Waals surface area (Å²) in [6.45, 7) is 4.21. The highest BCUT2D eigenvalue weighted by molar-refractivity contribution is 7.89. The zero-order valence-electron chi connectivity index (χ0n) is 18.3. The molecule has 0 spiro atoms. The number of halogens is 1. The monoisotopic (exact) mass is 489 g/mol. The minimum atomic E-state index is -3.59. The number of sulfonamides is 1. The average Bonchev–Trinajstić information content (AvgIpc) is 3.29. The molecule has 0 saturated carbocycles. The summed E-state index contributed by atoms with van der Waals surface area (Å²) in [6.07, 6.45) is 0.783. The molecule has 2 aromatic carbocycles. The minimum absolute atomic E-state index is 0.138. The van der Waals surface area contributed by atoms with Gasteiger partial charge in [0.2, 0.25) is 15.9 Å². The van der Waals surface area contributed by atoms with Crippen LogP contribution in [0.1, 0.15) is 29.9 Å². The van der Waals surface area contributed by atoms with Gasteiger partial charge in [-0.15, -0.1) is 10.2 Å². The number of nitrogens with zero attached hydrogens (tertiary/aromatic N) is 3. The molecule has 0 amide bonds. The van der Waals surface area contributed by atoms with Crippen molar-refractivity contribution < 1.29 is 22.4 Å². The average molecular weight is 490 g/mol. The zero-order chi connectivity index (χ0) is 23.6. The summed E-state index contributed by atoms with van der Waals surface area (Å²) in [4.78, 5) is 12.8. The zero-order valence-corrected chi connectivity index (χ0v) is 19.9. The van der Waals surface area contributed by atoms with Crippen molar-refractivity contribution in [2.75, 3.05) is 13.1 Å². The van der Waals surface area contributed by atoms with E-state index in [1.165, 1.54) is 4.31 Å². The van der Waals surface area contributed by atoms with Crippen molar-refractivity contribution in [3.63, 3.8) is 0 Å². The third kappa shape index (κ3) is 5.26. The number of carbonyl (C=O) groups is 1. The van der Waals surface area contributed by atoms with Gasteiger partial charge in [-0.1, -0.05) is 17.7 Å². The lowest BCUT2D eigenvalue weighted by Gasteiger charge is -2.30. The number of hydrogen-bond acceptors (Lipinski definition) is 7. The molecule has 33 heavy (non-hydrogen) atoms. The smallest absolute Gasteiger partial charge is 0.309 e. The number of ether oxygens (including phenoxy) is 1. The second kappa shape index (κ2) is 9.62. The molecular formula is C23H24ClN3O5S. The Kier molecular flexibility index (Phi) is 6.83. The van der Waals surface area contributed by atoms with Crippen LogP contribution in [-0.4, -0.2) is 42.0 Å². The van der Waals surface area contributed by atoms with E-state index in [-0.39, 0.29) is 36.4 Å². The minimum Gasteiger partial charge on any atom is -0.455 e. The number of benzene rings is 2. The van der Waals surface area contributed by atoms with Crippen molar-refractivity contribution in [3.8, 4) is 11.5 Å². The largest absolute Gasteiger partial charge is 0.455 e. The number of piperidine rings is 1. The first-order valence-corrected chi connectivity index (χ1v) is 12.4. The second-order valence-corrected chi connectivity index (χ2v) is 10.4. The fourth-order valence-corrected chi connectivity index (χ4v) is 5.31. The Morgan fingerprint density at radius 2 is 1.79 bits per heavy atom. The van der Waals surface area contributed by atoms with E-state index in [1.807, 2.05) is 19.9 Å². The summed E-state index contributed by atoms with van der Waals surface area (Å²) < 4.78 is 38.2. The molecule has 1 aliphatic rings. The van der Waals surface area contributed by atoms with Gasteiger partial charge in [0.15, 0.2) is 6.61 Å². The van der Waals surface area contributed by atoms with Gasteiger partial charge >= 0.3 is 5.97 Å². The molecule has 0 radical (unpaired) electrons. The van der Waals surface area contributed by atoms with Gasteiger partial charge in [0, 0.05) is 23.7 Å². The lowest BCUT2D eigenvalue weighted by Crippen LogP contribution is -2.40. The molecule has 0 bridgehead atoms. The summed E-state index contributed by atoms with van der Waals surface area (Å²) in [5.74, 6) is -0.287. The number of aromatic nitrogens is 2. The van der Waals surface area contributed by atoms with Crippen molar-refractivity contribution in [3.05, 3.63) is 64.5 Å². The predicted octanol–water partition coefficient (Wildman–Crippen LogP) is 4.15. The molecule has 8 nitrogen and oxygen atoms in total. The highest BCUT2D eigenvalue weighted by Gasteiger charge is 2.33. The Labute approximate surface area is 197 Å². The number of esters is 1. The van der Waals surface area contributed by atoms with E-state index in [9.17, 15) is 13.2 Å². The molecular weight excluding hydrogens is 466 g/mol. The maximum absolute atomic E-state index is 13.0. The van der Waals surface area contributed by atoms with Crippen molar-refractivity contribution in [2.45, 2.75) is 38.2 Å². The molecule has 1 aliphatic heterocycles. The Bertz CT molecular complexity index is 1250. The van der Waals surface area contributed by atoms with Crippen molar-refractivity contribution in [1.29, 1.82) is 0 Å². The predicted molar refractivity (Wildman–Crippen MR) is 122 cm³/mol. The van der Waals surface area contributed by atoms with Gasteiger partial charge in [0.1, 0.15) is 0 Å². The maximum atomic E-state index is 13.0. The maximum Gasteiger partial charge on any atom is 0.309 e. The molecule has 1 saturated heterocycles. The van der Waals surface area contributed by atoms with Crippen LogP contribution < -0.4 is 0 Å². The first-order chi connectivity index (χ1) is 15.7. The quantitative estimate of drug-likeness (QED) is 0.479. The van der Waals surface area contributed by atoms with Crippen LogP contribution in [-0.2, 0) is 26.2 Å². The van der Waals surface area contributed by atoms with E-state index in [1.54, 1.807) is 36.4 Å². The molecule has 1 aromatic heterocycles. The number of rotatable bonds is 6. The van der Waals surface area contributed by atoms with Crippen LogP contribution in [0.4, 0.5) is 0 Å². The molecule has 10 heteroatoms. The van der Waals surface area contributed by atoms with Crippen molar-refractivity contribution in [1.82, 2.24) is 14.5 Å². The molecule has 1 fully saturated rings. The molecule has 174 valence electrons. The molecule has 4 rings (SSSR count). The highest BCUT2D eigenvalue weighted by atomic mass is 35.5. The van der Waals surface area contributed by atoms with Crippen LogP contribution in [0.15, 0.2) is 51.8 Å². The first kappa shape index (κ1) is 23.4. The van der Waals surface area contributed by atoms with E-state index in [0.717, 1.165) is 11.1 Å². The molecule has 2 heterocycles. The van der Waals surface area contributed by atoms with E-state index in [0.29, 0.717) is 29.3 Å². The first-order valence-electron chi connectivity index (χ1n) is 10.6. The van der Waals surface area contributed by atoms with Gasteiger partial charge in [-0.05, 0) is 74.2 Å². The summed E-state index contributed by atoms with van der Waals surface area (Å²) in [5, 5.41) is 8.47. The topological polar surface area (TPSA) is 103 Å². The fourth-order valence-electron chi connectivity index (χ4n) is 3.63. The lowest BCUT2D eigenvalue weighted by molar-refractivity contribution is -0.151. The summed E-state index contributed by atoms with van der Waals surface area (Å²) >= 11 is 5.88. The van der Waals surface area contributed by atoms with E-state index in [2.05, 4.69) is 10.2 Å². The van der Waals surface area contributed by atoms with Crippen LogP contribution in [0.3, 0.4) is 0 Å². The Hall–Kier alpha value is -2.75. The molecule has 0 N–H and O–H groups in total. The highest BCUT2D eigenvalue weighted by Crippen LogP contribution is 2.26. The molecule has 0 unspecified atom stereocenters. The van der Waals surface area contributed by atoms with Gasteiger partial charge in [0.25, 0.3) is 5.89 Å². The second-order valence-electron chi connectivity index (χ2n) is 8.04. The normalized spacial score (nSPS) is 15.5. The van der Waals surface area contributed by atoms with Crippen LogP contribution in [0.25, 0.3) is 11.5 Å². The van der Waals surface area contributed by atoms with Gasteiger partial charge in [-0.3, -0.25) is 4.79 Å². The van der Waals surface area contributed by atoms with E-state index in [4.69, 9.17) is 20.8 Å². The van der Waals surface area contributed by atoms with Crippen LogP contribution >= 0.6 is 11.6 Å². The van der Waals surface area contributed by atoms with Gasteiger partial charge in [-0.2, -0.15) is 4.31 Å². The third-order valence-corrected chi connectivity index (χ3v) is 7.95. The molecule has 3 aromatic rings. The van der Waals surface area contributed by atoms with Crippen molar-refractivity contribution >= 4 is 27.6 Å². The summed E-state index contributed by atoms with van der Waals surface area (Å²) in [5.41, 5.74) is 2.67. The lowest BCUT2D eigenvalue weighted by atomic mass is 9.98. The summed E-state index contributed by atoms with van der Waals surface area (Å²) in [7, 11) is -3.59. The third-order valence-electron chi connectivity index (χ3n) is 5.80. The van der Waals surface area contributed by atoms with Gasteiger partial charge < -0.3 is 9.15 Å². The van der Waals surface area contributed by atoms with Crippen LogP contribution in [0.2, 0.25) is 5.02 Å². The van der Waals surface area contributed by atoms with Gasteiger partial charge in [0.05, 0.1) is 10.8 Å². The van der Waals surface area contributed by atoms with E-state index >= 15 is 0 Å². The fraction of sp³-hybridized carbons (Fsp3) is 0.348. The Morgan fingerprint density at radius 1 is 1.09 bits per heavy atom. The van der Waals surface area contributed by atoms with Crippen molar-refractivity contribution in [2.24, 2.45) is 5.92 Å². The summed E-state index contributed by atoms with van der Waals surface area (Å²) in [6, 6.07) is 12.1. The molecule has 0 atom stereocenters. The molecule has 0 aliphatic carbocycles. The number of aryl methyl sites for hydroxylation is 2. The van der Waals surface area contributed by atoms with E-state index < -0.39 is 16.0 Å². The standard InChI is InChI=1S/C23H24ClN3O5S/c1-15-3-8-20(13-16(15)2)33(29,30)27-11-9-18(10-12-27)23(28)31-14-21-25-26-22(32-21)17-4-6-19(24)7-5-17/h3-8,13,18H,9-12,14H2,1-2H3. The number of carbonyl (C=O) groups excluding carboxylic acids is 1. The SMILES string of the molecule is Cc1ccc(S(=O)(=O)N2CCC(C(=O)OCc3nnc(-c4ccc(Cl)cc4)o3)CC2)cc1C. The van der Waals surface area contributed by atoms with Gasteiger partial charge in [-0.25, -0.2) is 8.42 Å². The van der Waals surface area contributed by atoms with Crippen LogP contribution in [0.5, 0.6) is 0 Å². The Balaban J connectivity index is 1.31. The number of hydrogen-bond donors (Lipinski definition) is 0. The Morgan fingerprint density at radius 3 is 2.45 bits per heavy atom.